The first-order valence-corrected chi connectivity index (χ1v) is 9.47. The molecule has 2 aliphatic rings. The summed E-state index contributed by atoms with van der Waals surface area (Å²) in [6, 6.07) is 12.1. The van der Waals surface area contributed by atoms with Crippen molar-refractivity contribution in [3.8, 4) is 11.5 Å². The number of rotatable bonds is 4. The van der Waals surface area contributed by atoms with Crippen molar-refractivity contribution in [2.45, 2.75) is 6.92 Å². The van der Waals surface area contributed by atoms with Crippen LogP contribution in [0.3, 0.4) is 0 Å². The average Bonchev–Trinajstić information content (AvgIpc) is 3.21. The van der Waals surface area contributed by atoms with Gasteiger partial charge in [-0.3, -0.25) is 9.59 Å². The van der Waals surface area contributed by atoms with Crippen molar-refractivity contribution in [3.05, 3.63) is 53.6 Å². The van der Waals surface area contributed by atoms with Crippen molar-refractivity contribution in [1.82, 2.24) is 9.80 Å². The number of likely N-dealkylation sites (N-methyl/N-ethyl adjacent to an activating group) is 1. The van der Waals surface area contributed by atoms with Gasteiger partial charge in [0.2, 0.25) is 6.79 Å². The second kappa shape index (κ2) is 7.90. The molecule has 2 aliphatic heterocycles. The molecular weight excluding hydrogens is 358 g/mol. The fraction of sp³-hybridized carbons (Fsp3) is 0.333. The van der Waals surface area contributed by atoms with E-state index in [0.29, 0.717) is 41.4 Å². The molecule has 7 nitrogen and oxygen atoms in total. The summed E-state index contributed by atoms with van der Waals surface area (Å²) in [5.74, 6) is 0.958. The minimum atomic E-state index is -0.274. The zero-order chi connectivity index (χ0) is 19.5. The van der Waals surface area contributed by atoms with Crippen LogP contribution in [0.1, 0.15) is 27.6 Å². The maximum atomic E-state index is 12.8. The average molecular weight is 381 g/mol. The molecule has 2 amide bonds. The lowest BCUT2D eigenvalue weighted by molar-refractivity contribution is 0.0643. The van der Waals surface area contributed by atoms with Crippen molar-refractivity contribution < 1.29 is 19.1 Å². The van der Waals surface area contributed by atoms with Crippen LogP contribution in [0.5, 0.6) is 11.5 Å². The molecule has 0 radical (unpaired) electrons. The zero-order valence-electron chi connectivity index (χ0n) is 15.8. The van der Waals surface area contributed by atoms with Crippen LogP contribution < -0.4 is 14.8 Å². The number of hydrogen-bond donors (Lipinski definition) is 1. The molecule has 1 N–H and O–H groups in total. The summed E-state index contributed by atoms with van der Waals surface area (Å²) in [7, 11) is 0. The maximum absolute atomic E-state index is 12.8. The summed E-state index contributed by atoms with van der Waals surface area (Å²) in [6.45, 7) is 6.49. The number of carbonyl (C=O) groups excluding carboxylic acids is 2. The Bertz CT molecular complexity index is 891. The smallest absolute Gasteiger partial charge is 0.255 e. The zero-order valence-corrected chi connectivity index (χ0v) is 15.8. The van der Waals surface area contributed by atoms with Crippen LogP contribution in [0.25, 0.3) is 0 Å². The third-order valence-electron chi connectivity index (χ3n) is 5.11. The lowest BCUT2D eigenvalue weighted by atomic mass is 10.1. The topological polar surface area (TPSA) is 71.1 Å². The number of carbonyl (C=O) groups is 2. The van der Waals surface area contributed by atoms with E-state index in [1.165, 1.54) is 0 Å². The molecule has 2 aromatic carbocycles. The maximum Gasteiger partial charge on any atom is 0.255 e. The third-order valence-corrected chi connectivity index (χ3v) is 5.11. The normalized spacial score (nSPS) is 16.1. The summed E-state index contributed by atoms with van der Waals surface area (Å²) in [5, 5.41) is 2.84. The minimum absolute atomic E-state index is 0.0338. The molecule has 0 saturated carbocycles. The van der Waals surface area contributed by atoms with Gasteiger partial charge in [0.15, 0.2) is 11.5 Å². The number of fused-ring (bicyclic) bond motifs is 1. The van der Waals surface area contributed by atoms with Gasteiger partial charge in [-0.15, -0.1) is 0 Å². The molecule has 1 saturated heterocycles. The Morgan fingerprint density at radius 3 is 2.50 bits per heavy atom. The second-order valence-corrected chi connectivity index (χ2v) is 6.83. The second-order valence-electron chi connectivity index (χ2n) is 6.83. The summed E-state index contributed by atoms with van der Waals surface area (Å²) < 4.78 is 10.6. The largest absolute Gasteiger partial charge is 0.454 e. The van der Waals surface area contributed by atoms with Gasteiger partial charge < -0.3 is 24.6 Å². The molecule has 7 heteroatoms. The fourth-order valence-electron chi connectivity index (χ4n) is 3.42. The van der Waals surface area contributed by atoms with Crippen molar-refractivity contribution in [2.24, 2.45) is 0 Å². The summed E-state index contributed by atoms with van der Waals surface area (Å²) in [6.07, 6.45) is 0. The molecular formula is C21H23N3O4. The lowest BCUT2D eigenvalue weighted by Crippen LogP contribution is -2.48. The highest BCUT2D eigenvalue weighted by atomic mass is 16.7. The van der Waals surface area contributed by atoms with Crippen molar-refractivity contribution in [1.29, 1.82) is 0 Å². The van der Waals surface area contributed by atoms with Gasteiger partial charge in [0, 0.05) is 49.1 Å². The Balaban J connectivity index is 1.44. The Hall–Kier alpha value is -3.06. The van der Waals surface area contributed by atoms with Crippen LogP contribution in [0.15, 0.2) is 42.5 Å². The van der Waals surface area contributed by atoms with E-state index < -0.39 is 0 Å². The molecule has 1 fully saturated rings. The van der Waals surface area contributed by atoms with E-state index in [-0.39, 0.29) is 18.6 Å². The number of amides is 2. The van der Waals surface area contributed by atoms with E-state index in [0.717, 1.165) is 19.6 Å². The van der Waals surface area contributed by atoms with Gasteiger partial charge in [0.25, 0.3) is 11.8 Å². The standard InChI is InChI=1S/C21H23N3O4/c1-2-23-8-10-24(11-9-23)21(26)16-5-3-4-15(12-16)20(25)22-17-6-7-18-19(13-17)28-14-27-18/h3-7,12-13H,2,8-11,14H2,1H3,(H,22,25). The highest BCUT2D eigenvalue weighted by Crippen LogP contribution is 2.34. The van der Waals surface area contributed by atoms with Gasteiger partial charge in [-0.05, 0) is 36.9 Å². The number of nitrogens with zero attached hydrogens (tertiary/aromatic N) is 2. The monoisotopic (exact) mass is 381 g/mol. The number of ether oxygens (including phenoxy) is 2. The van der Waals surface area contributed by atoms with Crippen LogP contribution >= 0.6 is 0 Å². The quantitative estimate of drug-likeness (QED) is 0.881. The first kappa shape index (κ1) is 18.3. The van der Waals surface area contributed by atoms with Crippen LogP contribution in [-0.4, -0.2) is 61.1 Å². The van der Waals surface area contributed by atoms with Gasteiger partial charge in [-0.25, -0.2) is 0 Å². The van der Waals surface area contributed by atoms with E-state index in [4.69, 9.17) is 9.47 Å². The Labute approximate surface area is 163 Å². The van der Waals surface area contributed by atoms with Crippen molar-refractivity contribution in [3.63, 3.8) is 0 Å². The Kier molecular flexibility index (Phi) is 5.16. The first-order valence-electron chi connectivity index (χ1n) is 9.47. The highest BCUT2D eigenvalue weighted by molar-refractivity contribution is 6.06. The molecule has 0 atom stereocenters. The van der Waals surface area contributed by atoms with Gasteiger partial charge in [-0.1, -0.05) is 13.0 Å². The molecule has 0 unspecified atom stereocenters. The van der Waals surface area contributed by atoms with Gasteiger partial charge in [0.1, 0.15) is 0 Å². The minimum Gasteiger partial charge on any atom is -0.454 e. The molecule has 0 aliphatic carbocycles. The molecule has 2 heterocycles. The van der Waals surface area contributed by atoms with Gasteiger partial charge >= 0.3 is 0 Å². The van der Waals surface area contributed by atoms with E-state index in [9.17, 15) is 9.59 Å². The number of benzene rings is 2. The predicted molar refractivity (Wildman–Crippen MR) is 105 cm³/mol. The van der Waals surface area contributed by atoms with Crippen molar-refractivity contribution in [2.75, 3.05) is 44.8 Å². The van der Waals surface area contributed by atoms with Crippen LogP contribution in [0.4, 0.5) is 5.69 Å². The van der Waals surface area contributed by atoms with Gasteiger partial charge in [-0.2, -0.15) is 0 Å². The molecule has 28 heavy (non-hydrogen) atoms. The van der Waals surface area contributed by atoms with E-state index in [1.807, 2.05) is 4.90 Å². The van der Waals surface area contributed by atoms with Crippen LogP contribution in [0, 0.1) is 0 Å². The summed E-state index contributed by atoms with van der Waals surface area (Å²) in [4.78, 5) is 29.6. The molecule has 146 valence electrons. The molecule has 0 bridgehead atoms. The van der Waals surface area contributed by atoms with E-state index >= 15 is 0 Å². The van der Waals surface area contributed by atoms with Gasteiger partial charge in [0.05, 0.1) is 0 Å². The molecule has 0 spiro atoms. The molecule has 4 rings (SSSR count). The van der Waals surface area contributed by atoms with Crippen LogP contribution in [-0.2, 0) is 0 Å². The highest BCUT2D eigenvalue weighted by Gasteiger charge is 2.22. The predicted octanol–water partition coefficient (Wildman–Crippen LogP) is 2.45. The number of hydrogen-bond acceptors (Lipinski definition) is 5. The number of nitrogens with one attached hydrogen (secondary N) is 1. The van der Waals surface area contributed by atoms with Crippen LogP contribution in [0.2, 0.25) is 0 Å². The summed E-state index contributed by atoms with van der Waals surface area (Å²) >= 11 is 0. The molecule has 2 aromatic rings. The lowest BCUT2D eigenvalue weighted by Gasteiger charge is -2.34. The SMILES string of the molecule is CCN1CCN(C(=O)c2cccc(C(=O)Nc3ccc4c(c3)OCO4)c2)CC1. The van der Waals surface area contributed by atoms with E-state index in [1.54, 1.807) is 42.5 Å². The molecule has 0 aromatic heterocycles. The Morgan fingerprint density at radius 1 is 0.964 bits per heavy atom. The first-order chi connectivity index (χ1) is 13.6. The fourth-order valence-corrected chi connectivity index (χ4v) is 3.42. The number of piperazine rings is 1. The van der Waals surface area contributed by atoms with Crippen molar-refractivity contribution >= 4 is 17.5 Å². The summed E-state index contributed by atoms with van der Waals surface area (Å²) in [5.41, 5.74) is 1.58. The third kappa shape index (κ3) is 3.80. The number of anilines is 1. The van der Waals surface area contributed by atoms with E-state index in [2.05, 4.69) is 17.1 Å². The Morgan fingerprint density at radius 2 is 1.71 bits per heavy atom.